The topological polar surface area (TPSA) is 69.8 Å². The Bertz CT molecular complexity index is 716. The second kappa shape index (κ2) is 7.80. The molecule has 0 saturated carbocycles. The summed E-state index contributed by atoms with van der Waals surface area (Å²) in [6.45, 7) is 11.4. The zero-order valence-electron chi connectivity index (χ0n) is 14.5. The largest absolute Gasteiger partial charge is 0.293 e. The van der Waals surface area contributed by atoms with E-state index in [9.17, 15) is 14.0 Å². The number of carbonyl (C=O) groups excluding carboxylic acids is 2. The van der Waals surface area contributed by atoms with Crippen molar-refractivity contribution in [1.82, 2.24) is 19.6 Å². The molecule has 126 valence electrons. The number of nitrogens with zero attached hydrogens (tertiary/aromatic N) is 4. The molecule has 0 saturated heterocycles. The Kier molecular flexibility index (Phi) is 6.36. The summed E-state index contributed by atoms with van der Waals surface area (Å²) < 4.78 is 16.3. The summed E-state index contributed by atoms with van der Waals surface area (Å²) in [5, 5.41) is 8.02. The Balaban J connectivity index is 0.000000231. The van der Waals surface area contributed by atoms with Gasteiger partial charge in [0, 0.05) is 26.9 Å². The number of ketones is 2. The van der Waals surface area contributed by atoms with Crippen molar-refractivity contribution in [2.24, 2.45) is 0 Å². The summed E-state index contributed by atoms with van der Waals surface area (Å²) in [5.41, 5.74) is 1.96. The summed E-state index contributed by atoms with van der Waals surface area (Å²) in [4.78, 5) is 21.9. The van der Waals surface area contributed by atoms with E-state index in [2.05, 4.69) is 10.2 Å². The number of Topliss-reactive ketones (excluding diaryl/α,β-unsaturated/α-hetero) is 2. The van der Waals surface area contributed by atoms with Gasteiger partial charge in [-0.05, 0) is 33.8 Å². The number of aromatic nitrogens is 4. The zero-order chi connectivity index (χ0) is 17.7. The average Bonchev–Trinajstić information content (AvgIpc) is 3.00. The van der Waals surface area contributed by atoms with E-state index in [-0.39, 0.29) is 23.0 Å². The van der Waals surface area contributed by atoms with Gasteiger partial charge in [0.1, 0.15) is 11.4 Å². The molecule has 0 N–H and O–H groups in total. The van der Waals surface area contributed by atoms with Gasteiger partial charge in [-0.2, -0.15) is 10.2 Å². The molecule has 7 heteroatoms. The van der Waals surface area contributed by atoms with Crippen LogP contribution in [0.1, 0.15) is 60.1 Å². The van der Waals surface area contributed by atoms with Crippen LogP contribution < -0.4 is 0 Å². The van der Waals surface area contributed by atoms with E-state index in [4.69, 9.17) is 0 Å². The number of hydrogen-bond acceptors (Lipinski definition) is 4. The minimum Gasteiger partial charge on any atom is -0.293 e. The van der Waals surface area contributed by atoms with Crippen LogP contribution >= 0.6 is 0 Å². The number of aryl methyl sites for hydroxylation is 4. The summed E-state index contributed by atoms with van der Waals surface area (Å²) >= 11 is 0. The van der Waals surface area contributed by atoms with Gasteiger partial charge in [-0.15, -0.1) is 0 Å². The van der Waals surface area contributed by atoms with E-state index in [0.29, 0.717) is 12.2 Å². The van der Waals surface area contributed by atoms with E-state index >= 15 is 0 Å². The zero-order valence-corrected chi connectivity index (χ0v) is 14.5. The first-order valence-electron chi connectivity index (χ1n) is 7.52. The predicted molar refractivity (Wildman–Crippen MR) is 85.2 cm³/mol. The van der Waals surface area contributed by atoms with Crippen molar-refractivity contribution < 1.29 is 14.0 Å². The Hall–Kier alpha value is -2.31. The minimum atomic E-state index is -0.496. The summed E-state index contributed by atoms with van der Waals surface area (Å²) in [6.07, 6.45) is 0. The molecule has 0 aliphatic rings. The molecule has 0 aromatic carbocycles. The van der Waals surface area contributed by atoms with Gasteiger partial charge in [-0.3, -0.25) is 19.0 Å². The number of rotatable bonds is 4. The van der Waals surface area contributed by atoms with E-state index in [0.717, 1.165) is 12.2 Å². The summed E-state index contributed by atoms with van der Waals surface area (Å²) in [7, 11) is 0. The molecule has 0 aliphatic carbocycles. The fourth-order valence-electron chi connectivity index (χ4n) is 2.19. The third-order valence-electron chi connectivity index (χ3n) is 3.25. The van der Waals surface area contributed by atoms with Gasteiger partial charge in [0.15, 0.2) is 17.4 Å². The van der Waals surface area contributed by atoms with Crippen molar-refractivity contribution in [3.05, 3.63) is 34.7 Å². The van der Waals surface area contributed by atoms with Crippen LogP contribution in [0.3, 0.4) is 0 Å². The van der Waals surface area contributed by atoms with Crippen molar-refractivity contribution in [3.8, 4) is 0 Å². The third-order valence-corrected chi connectivity index (χ3v) is 3.25. The van der Waals surface area contributed by atoms with Crippen LogP contribution in [0.2, 0.25) is 0 Å². The van der Waals surface area contributed by atoms with Crippen molar-refractivity contribution in [2.45, 2.75) is 54.6 Å². The highest BCUT2D eigenvalue weighted by molar-refractivity contribution is 5.93. The lowest BCUT2D eigenvalue weighted by Gasteiger charge is -1.98. The highest BCUT2D eigenvalue weighted by Crippen LogP contribution is 2.11. The van der Waals surface area contributed by atoms with E-state index < -0.39 is 5.82 Å². The van der Waals surface area contributed by atoms with Gasteiger partial charge < -0.3 is 0 Å². The molecule has 2 rings (SSSR count). The number of carbonyl (C=O) groups is 2. The van der Waals surface area contributed by atoms with Crippen LogP contribution in [-0.2, 0) is 13.1 Å². The number of halogens is 1. The molecule has 2 aromatic rings. The molecule has 2 heterocycles. The lowest BCUT2D eigenvalue weighted by atomic mass is 10.3. The van der Waals surface area contributed by atoms with Crippen LogP contribution in [0.4, 0.5) is 4.39 Å². The van der Waals surface area contributed by atoms with Gasteiger partial charge in [0.25, 0.3) is 0 Å². The Morgan fingerprint density at radius 2 is 1.61 bits per heavy atom. The molecule has 6 nitrogen and oxygen atoms in total. The van der Waals surface area contributed by atoms with Crippen molar-refractivity contribution >= 4 is 11.6 Å². The second-order valence-electron chi connectivity index (χ2n) is 5.16. The molecule has 0 atom stereocenters. The maximum Gasteiger partial charge on any atom is 0.180 e. The molecule has 0 amide bonds. The van der Waals surface area contributed by atoms with Crippen molar-refractivity contribution in [3.63, 3.8) is 0 Å². The molecule has 0 aliphatic heterocycles. The maximum atomic E-state index is 13.2. The van der Waals surface area contributed by atoms with E-state index in [1.165, 1.54) is 11.6 Å². The monoisotopic (exact) mass is 322 g/mol. The first-order chi connectivity index (χ1) is 10.7. The van der Waals surface area contributed by atoms with Gasteiger partial charge in [0.05, 0.1) is 11.4 Å². The standard InChI is InChI=1S/C8H11FN2O.C8H12N2O/c1-4-11-8(6(3)12)7(9)5(2)10-11;1-4-10-8(7(3)11)5-6(2)9-10/h4H2,1-3H3;5H,4H2,1-3H3. The quantitative estimate of drug-likeness (QED) is 0.812. The lowest BCUT2D eigenvalue weighted by Crippen LogP contribution is -2.07. The van der Waals surface area contributed by atoms with E-state index in [1.807, 2.05) is 26.8 Å². The molecule has 2 aromatic heterocycles. The summed E-state index contributed by atoms with van der Waals surface area (Å²) in [5.74, 6) is -0.702. The normalized spacial score (nSPS) is 10.2. The molecule has 0 spiro atoms. The lowest BCUT2D eigenvalue weighted by molar-refractivity contribution is 0.0992. The van der Waals surface area contributed by atoms with Crippen molar-refractivity contribution in [2.75, 3.05) is 0 Å². The Labute approximate surface area is 135 Å². The Morgan fingerprint density at radius 3 is 1.96 bits per heavy atom. The molecular formula is C16H23FN4O2. The van der Waals surface area contributed by atoms with Crippen LogP contribution in [0.5, 0.6) is 0 Å². The highest BCUT2D eigenvalue weighted by Gasteiger charge is 2.17. The van der Waals surface area contributed by atoms with Crippen LogP contribution in [0.25, 0.3) is 0 Å². The predicted octanol–water partition coefficient (Wildman–Crippen LogP) is 2.97. The SMILES string of the molecule is CCn1nc(C)c(F)c1C(C)=O.CCn1nc(C)cc1C(C)=O. The number of hydrogen-bond donors (Lipinski definition) is 0. The summed E-state index contributed by atoms with van der Waals surface area (Å²) in [6, 6.07) is 1.81. The van der Waals surface area contributed by atoms with Gasteiger partial charge >= 0.3 is 0 Å². The molecule has 0 bridgehead atoms. The first kappa shape index (κ1) is 18.7. The molecule has 0 fully saturated rings. The van der Waals surface area contributed by atoms with Gasteiger partial charge in [0.2, 0.25) is 0 Å². The fraction of sp³-hybridized carbons (Fsp3) is 0.500. The highest BCUT2D eigenvalue weighted by atomic mass is 19.1. The molecule has 0 unspecified atom stereocenters. The Morgan fingerprint density at radius 1 is 1.04 bits per heavy atom. The molecular weight excluding hydrogens is 299 g/mol. The van der Waals surface area contributed by atoms with Gasteiger partial charge in [-0.1, -0.05) is 0 Å². The smallest absolute Gasteiger partial charge is 0.180 e. The molecule has 0 radical (unpaired) electrons. The first-order valence-corrected chi connectivity index (χ1v) is 7.52. The van der Waals surface area contributed by atoms with Crippen LogP contribution in [0.15, 0.2) is 6.07 Å². The van der Waals surface area contributed by atoms with Crippen LogP contribution in [-0.4, -0.2) is 31.1 Å². The average molecular weight is 322 g/mol. The van der Waals surface area contributed by atoms with Gasteiger partial charge in [-0.25, -0.2) is 4.39 Å². The fourth-order valence-corrected chi connectivity index (χ4v) is 2.19. The van der Waals surface area contributed by atoms with E-state index in [1.54, 1.807) is 18.5 Å². The van der Waals surface area contributed by atoms with Crippen LogP contribution in [0, 0.1) is 19.7 Å². The second-order valence-corrected chi connectivity index (χ2v) is 5.16. The van der Waals surface area contributed by atoms with Crippen molar-refractivity contribution in [1.29, 1.82) is 0 Å². The molecule has 23 heavy (non-hydrogen) atoms. The third kappa shape index (κ3) is 4.34. The minimum absolute atomic E-state index is 0.0763. The maximum absolute atomic E-state index is 13.2.